The standard InChI is InChI=1S/C18H39NO3Si2/c1-7-13-20-17-18-16-19(12-10-15-24(5,6)22-18)11-9-14-23(3,4)21-8-2/h7,18H,1,8-17H2,2-6H3. The van der Waals surface area contributed by atoms with E-state index in [0.29, 0.717) is 13.2 Å². The zero-order valence-electron chi connectivity index (χ0n) is 16.6. The van der Waals surface area contributed by atoms with Gasteiger partial charge in [-0.2, -0.15) is 0 Å². The minimum Gasteiger partial charge on any atom is -0.418 e. The molecule has 0 aromatic heterocycles. The van der Waals surface area contributed by atoms with Gasteiger partial charge in [-0.1, -0.05) is 6.08 Å². The fraction of sp³-hybridized carbons (Fsp3) is 0.889. The van der Waals surface area contributed by atoms with Crippen molar-refractivity contribution in [1.82, 2.24) is 4.90 Å². The lowest BCUT2D eigenvalue weighted by Gasteiger charge is -2.37. The molecule has 0 aromatic rings. The van der Waals surface area contributed by atoms with Crippen LogP contribution in [0.5, 0.6) is 0 Å². The largest absolute Gasteiger partial charge is 0.418 e. The Balaban J connectivity index is 2.49. The Hall–Kier alpha value is 0.0138. The van der Waals surface area contributed by atoms with Gasteiger partial charge in [0, 0.05) is 13.2 Å². The molecule has 6 heteroatoms. The van der Waals surface area contributed by atoms with Gasteiger partial charge in [0.15, 0.2) is 16.6 Å². The van der Waals surface area contributed by atoms with E-state index in [1.807, 2.05) is 6.08 Å². The first kappa shape index (κ1) is 22.1. The van der Waals surface area contributed by atoms with Crippen molar-refractivity contribution in [2.24, 2.45) is 0 Å². The molecule has 1 rings (SSSR count). The van der Waals surface area contributed by atoms with E-state index in [9.17, 15) is 0 Å². The molecule has 0 aromatic carbocycles. The molecule has 1 heterocycles. The summed E-state index contributed by atoms with van der Waals surface area (Å²) in [7, 11) is -3.01. The maximum Gasteiger partial charge on any atom is 0.187 e. The maximum atomic E-state index is 6.46. The molecule has 0 spiro atoms. The first-order valence-corrected chi connectivity index (χ1v) is 15.7. The number of rotatable bonds is 10. The summed E-state index contributed by atoms with van der Waals surface area (Å²) in [4.78, 5) is 2.57. The van der Waals surface area contributed by atoms with Gasteiger partial charge in [0.05, 0.1) is 19.3 Å². The van der Waals surface area contributed by atoms with Crippen LogP contribution in [0.4, 0.5) is 0 Å². The summed E-state index contributed by atoms with van der Waals surface area (Å²) < 4.78 is 18.1. The highest BCUT2D eigenvalue weighted by atomic mass is 28.4. The summed E-state index contributed by atoms with van der Waals surface area (Å²) >= 11 is 0. The van der Waals surface area contributed by atoms with Crippen molar-refractivity contribution in [3.8, 4) is 0 Å². The summed E-state index contributed by atoms with van der Waals surface area (Å²) in [5, 5.41) is 0. The molecule has 1 atom stereocenters. The van der Waals surface area contributed by atoms with Crippen LogP contribution in [0.3, 0.4) is 0 Å². The fourth-order valence-corrected chi connectivity index (χ4v) is 7.53. The molecule has 0 saturated carbocycles. The van der Waals surface area contributed by atoms with Crippen molar-refractivity contribution in [1.29, 1.82) is 0 Å². The predicted octanol–water partition coefficient (Wildman–Crippen LogP) is 4.12. The van der Waals surface area contributed by atoms with Gasteiger partial charge in [-0.05, 0) is 71.1 Å². The van der Waals surface area contributed by atoms with Crippen molar-refractivity contribution in [3.05, 3.63) is 12.7 Å². The van der Waals surface area contributed by atoms with Gasteiger partial charge in [-0.25, -0.2) is 0 Å². The third-order valence-corrected chi connectivity index (χ3v) is 9.69. The molecule has 0 radical (unpaired) electrons. The van der Waals surface area contributed by atoms with Gasteiger partial charge in [-0.3, -0.25) is 0 Å². The summed E-state index contributed by atoms with van der Waals surface area (Å²) in [6.07, 6.45) is 4.49. The Morgan fingerprint density at radius 1 is 1.38 bits per heavy atom. The van der Waals surface area contributed by atoms with Gasteiger partial charge < -0.3 is 18.5 Å². The summed E-state index contributed by atoms with van der Waals surface area (Å²) in [6, 6.07) is 2.47. The summed E-state index contributed by atoms with van der Waals surface area (Å²) in [5.74, 6) is 0. The average Bonchev–Trinajstić information content (AvgIpc) is 2.44. The first-order valence-electron chi connectivity index (χ1n) is 9.51. The van der Waals surface area contributed by atoms with Gasteiger partial charge in [0.2, 0.25) is 0 Å². The molecular weight excluding hydrogens is 334 g/mol. The first-order chi connectivity index (χ1) is 11.3. The Bertz CT molecular complexity index is 364. The van der Waals surface area contributed by atoms with Gasteiger partial charge >= 0.3 is 0 Å². The lowest BCUT2D eigenvalue weighted by molar-refractivity contribution is 0.0311. The molecule has 1 fully saturated rings. The van der Waals surface area contributed by atoms with Crippen molar-refractivity contribution >= 4 is 16.6 Å². The summed E-state index contributed by atoms with van der Waals surface area (Å²) in [5.41, 5.74) is 0. The van der Waals surface area contributed by atoms with E-state index in [1.165, 1.54) is 31.5 Å². The van der Waals surface area contributed by atoms with E-state index < -0.39 is 16.6 Å². The Morgan fingerprint density at radius 3 is 2.79 bits per heavy atom. The second-order valence-corrected chi connectivity index (χ2v) is 16.6. The summed E-state index contributed by atoms with van der Waals surface area (Å²) in [6.45, 7) is 20.6. The lowest BCUT2D eigenvalue weighted by Crippen LogP contribution is -2.47. The quantitative estimate of drug-likeness (QED) is 0.327. The van der Waals surface area contributed by atoms with Crippen LogP contribution in [0.2, 0.25) is 38.3 Å². The normalized spacial score (nSPS) is 22.8. The van der Waals surface area contributed by atoms with E-state index >= 15 is 0 Å². The molecule has 0 amide bonds. The SMILES string of the molecule is C=CCOCC1CN(CCC[Si](C)(C)OCC)CCC[Si](C)(C)O1. The van der Waals surface area contributed by atoms with E-state index in [4.69, 9.17) is 13.6 Å². The van der Waals surface area contributed by atoms with Crippen LogP contribution < -0.4 is 0 Å². The average molecular weight is 374 g/mol. The highest BCUT2D eigenvalue weighted by molar-refractivity contribution is 6.71. The van der Waals surface area contributed by atoms with Gasteiger partial charge in [0.1, 0.15) is 0 Å². The molecule has 0 bridgehead atoms. The van der Waals surface area contributed by atoms with E-state index in [1.54, 1.807) is 0 Å². The molecule has 4 nitrogen and oxygen atoms in total. The highest BCUT2D eigenvalue weighted by Gasteiger charge is 2.30. The van der Waals surface area contributed by atoms with Gasteiger partial charge in [0.25, 0.3) is 0 Å². The zero-order chi connectivity index (χ0) is 18.1. The molecule has 24 heavy (non-hydrogen) atoms. The molecular formula is C18H39NO3Si2. The van der Waals surface area contributed by atoms with Crippen molar-refractivity contribution in [3.63, 3.8) is 0 Å². The third-order valence-electron chi connectivity index (χ3n) is 4.53. The number of nitrogens with zero attached hydrogens (tertiary/aromatic N) is 1. The van der Waals surface area contributed by atoms with Crippen molar-refractivity contribution in [2.75, 3.05) is 39.5 Å². The molecule has 142 valence electrons. The second-order valence-electron chi connectivity index (χ2n) is 8.03. The van der Waals surface area contributed by atoms with Crippen LogP contribution in [-0.2, 0) is 13.6 Å². The minimum atomic E-state index is -1.54. The molecule has 0 N–H and O–H groups in total. The Kier molecular flexibility index (Phi) is 10.0. The van der Waals surface area contributed by atoms with Crippen LogP contribution in [0.1, 0.15) is 19.8 Å². The van der Waals surface area contributed by atoms with Crippen molar-refractivity contribution in [2.45, 2.75) is 64.1 Å². The predicted molar refractivity (Wildman–Crippen MR) is 108 cm³/mol. The van der Waals surface area contributed by atoms with Crippen LogP contribution in [0.25, 0.3) is 0 Å². The second kappa shape index (κ2) is 10.9. The number of hydrogen-bond acceptors (Lipinski definition) is 4. The monoisotopic (exact) mass is 373 g/mol. The fourth-order valence-electron chi connectivity index (χ4n) is 3.42. The van der Waals surface area contributed by atoms with Gasteiger partial charge in [-0.15, -0.1) is 6.58 Å². The van der Waals surface area contributed by atoms with E-state index in [0.717, 1.165) is 19.7 Å². The topological polar surface area (TPSA) is 30.9 Å². The Morgan fingerprint density at radius 2 is 2.12 bits per heavy atom. The van der Waals surface area contributed by atoms with Crippen LogP contribution >= 0.6 is 0 Å². The molecule has 1 unspecified atom stereocenters. The van der Waals surface area contributed by atoms with Crippen LogP contribution in [-0.4, -0.2) is 67.1 Å². The van der Waals surface area contributed by atoms with E-state index in [2.05, 4.69) is 44.6 Å². The smallest absolute Gasteiger partial charge is 0.187 e. The van der Waals surface area contributed by atoms with Crippen LogP contribution in [0, 0.1) is 0 Å². The third kappa shape index (κ3) is 9.48. The highest BCUT2D eigenvalue weighted by Crippen LogP contribution is 2.21. The number of ether oxygens (including phenoxy) is 1. The zero-order valence-corrected chi connectivity index (χ0v) is 18.6. The molecule has 1 saturated heterocycles. The Labute approximate surface area is 151 Å². The maximum absolute atomic E-state index is 6.46. The molecule has 0 aliphatic carbocycles. The molecule has 1 aliphatic rings. The van der Waals surface area contributed by atoms with Crippen molar-refractivity contribution < 1.29 is 13.6 Å². The molecule has 1 aliphatic heterocycles. The lowest BCUT2D eigenvalue weighted by atomic mass is 10.3. The minimum absolute atomic E-state index is 0.198. The number of hydrogen-bond donors (Lipinski definition) is 0. The van der Waals surface area contributed by atoms with Crippen LogP contribution in [0.15, 0.2) is 12.7 Å². The van der Waals surface area contributed by atoms with E-state index in [-0.39, 0.29) is 6.10 Å².